The maximum Gasteiger partial charge on any atom is 0.0739 e. The number of nitrogens with one attached hydrogen (secondary N) is 1. The van der Waals surface area contributed by atoms with Crippen LogP contribution >= 0.6 is 0 Å². The van der Waals surface area contributed by atoms with Crippen molar-refractivity contribution in [2.24, 2.45) is 5.10 Å². The summed E-state index contributed by atoms with van der Waals surface area (Å²) < 4.78 is 0. The molecule has 0 bridgehead atoms. The lowest BCUT2D eigenvalue weighted by Gasteiger charge is -2.14. The van der Waals surface area contributed by atoms with Crippen LogP contribution in [0.1, 0.15) is 18.0 Å². The molecule has 0 saturated heterocycles. The summed E-state index contributed by atoms with van der Waals surface area (Å²) in [6.07, 6.45) is 2.91. The highest BCUT2D eigenvalue weighted by molar-refractivity contribution is 5.61. The van der Waals surface area contributed by atoms with E-state index in [1.54, 1.807) is 0 Å². The molecule has 3 nitrogen and oxygen atoms in total. The normalized spacial score (nSPS) is 19.4. The Morgan fingerprint density at radius 3 is 2.50 bits per heavy atom. The Labute approximate surface area is 84.4 Å². The van der Waals surface area contributed by atoms with Gasteiger partial charge in [-0.25, -0.2) is 0 Å². The van der Waals surface area contributed by atoms with Crippen LogP contribution in [-0.4, -0.2) is 20.3 Å². The third kappa shape index (κ3) is 1.71. The van der Waals surface area contributed by atoms with Crippen LogP contribution in [-0.2, 0) is 0 Å². The topological polar surface area (TPSA) is 27.6 Å². The van der Waals surface area contributed by atoms with Gasteiger partial charge in [-0.1, -0.05) is 12.1 Å². The van der Waals surface area contributed by atoms with E-state index in [1.807, 2.05) is 20.3 Å². The summed E-state index contributed by atoms with van der Waals surface area (Å²) in [7, 11) is 4.10. The Morgan fingerprint density at radius 2 is 2.00 bits per heavy atom. The molecule has 14 heavy (non-hydrogen) atoms. The van der Waals surface area contributed by atoms with Gasteiger partial charge in [0, 0.05) is 32.4 Å². The first-order valence-electron chi connectivity index (χ1n) is 4.82. The highest BCUT2D eigenvalue weighted by Crippen LogP contribution is 2.21. The fourth-order valence-electron chi connectivity index (χ4n) is 1.57. The summed E-state index contributed by atoms with van der Waals surface area (Å²) in [6, 6.07) is 8.94. The van der Waals surface area contributed by atoms with Gasteiger partial charge in [0.05, 0.1) is 6.04 Å². The fourth-order valence-corrected chi connectivity index (χ4v) is 1.57. The maximum absolute atomic E-state index is 4.01. The predicted octanol–water partition coefficient (Wildman–Crippen LogP) is 1.77. The van der Waals surface area contributed by atoms with E-state index >= 15 is 0 Å². The molecule has 0 radical (unpaired) electrons. The van der Waals surface area contributed by atoms with Crippen LogP contribution < -0.4 is 10.3 Å². The van der Waals surface area contributed by atoms with Crippen LogP contribution in [0.15, 0.2) is 29.4 Å². The van der Waals surface area contributed by atoms with Gasteiger partial charge < -0.3 is 10.3 Å². The van der Waals surface area contributed by atoms with Gasteiger partial charge in [-0.15, -0.1) is 0 Å². The number of hydrogen-bond donors (Lipinski definition) is 1. The number of anilines is 1. The monoisotopic (exact) mass is 189 g/mol. The summed E-state index contributed by atoms with van der Waals surface area (Å²) >= 11 is 0. The molecule has 2 rings (SSSR count). The second-order valence-corrected chi connectivity index (χ2v) is 3.72. The Hall–Kier alpha value is -1.51. The lowest BCUT2D eigenvalue weighted by atomic mass is 10.1. The molecule has 0 aromatic heterocycles. The van der Waals surface area contributed by atoms with Crippen molar-refractivity contribution in [2.75, 3.05) is 19.0 Å². The molecule has 1 heterocycles. The van der Waals surface area contributed by atoms with Crippen LogP contribution in [0, 0.1) is 0 Å². The molecule has 1 atom stereocenters. The summed E-state index contributed by atoms with van der Waals surface area (Å²) in [5, 5.41) is 4.01. The van der Waals surface area contributed by atoms with E-state index in [9.17, 15) is 0 Å². The van der Waals surface area contributed by atoms with Gasteiger partial charge in [-0.3, -0.25) is 0 Å². The first-order chi connectivity index (χ1) is 6.77. The largest absolute Gasteiger partial charge is 0.378 e. The first kappa shape index (κ1) is 9.06. The average Bonchev–Trinajstić information content (AvgIpc) is 2.71. The molecule has 1 unspecified atom stereocenters. The predicted molar refractivity (Wildman–Crippen MR) is 59.8 cm³/mol. The van der Waals surface area contributed by atoms with Crippen molar-refractivity contribution in [3.63, 3.8) is 0 Å². The molecule has 0 spiro atoms. The minimum atomic E-state index is 0.367. The van der Waals surface area contributed by atoms with E-state index < -0.39 is 0 Å². The molecular formula is C11H15N3. The highest BCUT2D eigenvalue weighted by Gasteiger charge is 2.12. The number of rotatable bonds is 2. The van der Waals surface area contributed by atoms with Gasteiger partial charge >= 0.3 is 0 Å². The molecule has 1 N–H and O–H groups in total. The zero-order valence-corrected chi connectivity index (χ0v) is 8.57. The number of nitrogens with zero attached hydrogens (tertiary/aromatic N) is 2. The molecule has 1 aliphatic heterocycles. The second kappa shape index (κ2) is 3.70. The summed E-state index contributed by atoms with van der Waals surface area (Å²) in [4.78, 5) is 2.10. The van der Waals surface area contributed by atoms with Crippen molar-refractivity contribution in [2.45, 2.75) is 12.5 Å². The van der Waals surface area contributed by atoms with Gasteiger partial charge in [0.25, 0.3) is 0 Å². The molecule has 1 aromatic carbocycles. The maximum atomic E-state index is 4.01. The minimum absolute atomic E-state index is 0.367. The van der Waals surface area contributed by atoms with E-state index in [1.165, 1.54) is 11.3 Å². The highest BCUT2D eigenvalue weighted by atomic mass is 15.3. The molecule has 3 heteroatoms. The van der Waals surface area contributed by atoms with Crippen LogP contribution in [0.4, 0.5) is 5.69 Å². The Bertz CT molecular complexity index is 319. The molecule has 0 aliphatic carbocycles. The van der Waals surface area contributed by atoms with E-state index in [-0.39, 0.29) is 0 Å². The summed E-state index contributed by atoms with van der Waals surface area (Å²) in [5.41, 5.74) is 5.61. The molecule has 0 amide bonds. The SMILES string of the molecule is CN(C)c1ccc(C2CC=NN2)cc1. The van der Waals surface area contributed by atoms with Gasteiger partial charge in [0.1, 0.15) is 0 Å². The van der Waals surface area contributed by atoms with Crippen molar-refractivity contribution in [3.8, 4) is 0 Å². The molecule has 74 valence electrons. The van der Waals surface area contributed by atoms with Crippen LogP contribution in [0.2, 0.25) is 0 Å². The van der Waals surface area contributed by atoms with Crippen molar-refractivity contribution in [1.29, 1.82) is 0 Å². The zero-order valence-electron chi connectivity index (χ0n) is 8.57. The van der Waals surface area contributed by atoms with E-state index in [0.29, 0.717) is 6.04 Å². The minimum Gasteiger partial charge on any atom is -0.378 e. The Balaban J connectivity index is 2.13. The molecule has 0 fully saturated rings. The zero-order chi connectivity index (χ0) is 9.97. The first-order valence-corrected chi connectivity index (χ1v) is 4.82. The standard InChI is InChI=1S/C11H15N3/c1-14(2)10-5-3-9(4-6-10)11-7-8-12-13-11/h3-6,8,11,13H,7H2,1-2H3. The summed E-state index contributed by atoms with van der Waals surface area (Å²) in [5.74, 6) is 0. The Kier molecular flexibility index (Phi) is 2.39. The molecule has 0 saturated carbocycles. The molecule has 1 aromatic rings. The lowest BCUT2D eigenvalue weighted by molar-refractivity contribution is 0.620. The number of benzene rings is 1. The third-order valence-electron chi connectivity index (χ3n) is 2.47. The average molecular weight is 189 g/mol. The van der Waals surface area contributed by atoms with E-state index in [4.69, 9.17) is 0 Å². The Morgan fingerprint density at radius 1 is 1.29 bits per heavy atom. The quantitative estimate of drug-likeness (QED) is 0.767. The van der Waals surface area contributed by atoms with Crippen molar-refractivity contribution in [3.05, 3.63) is 29.8 Å². The van der Waals surface area contributed by atoms with E-state index in [0.717, 1.165) is 6.42 Å². The van der Waals surface area contributed by atoms with Crippen LogP contribution in [0.3, 0.4) is 0 Å². The van der Waals surface area contributed by atoms with Gasteiger partial charge in [0.2, 0.25) is 0 Å². The van der Waals surface area contributed by atoms with Gasteiger partial charge in [-0.2, -0.15) is 5.10 Å². The van der Waals surface area contributed by atoms with Crippen molar-refractivity contribution in [1.82, 2.24) is 5.43 Å². The van der Waals surface area contributed by atoms with Crippen LogP contribution in [0.5, 0.6) is 0 Å². The third-order valence-corrected chi connectivity index (χ3v) is 2.47. The smallest absolute Gasteiger partial charge is 0.0739 e. The van der Waals surface area contributed by atoms with Crippen molar-refractivity contribution < 1.29 is 0 Å². The van der Waals surface area contributed by atoms with Crippen molar-refractivity contribution >= 4 is 11.9 Å². The van der Waals surface area contributed by atoms with Gasteiger partial charge in [-0.05, 0) is 17.7 Å². The van der Waals surface area contributed by atoms with Crippen LogP contribution in [0.25, 0.3) is 0 Å². The lowest BCUT2D eigenvalue weighted by Crippen LogP contribution is -2.11. The molecular weight excluding hydrogens is 174 g/mol. The second-order valence-electron chi connectivity index (χ2n) is 3.72. The number of hydrazone groups is 1. The molecule has 1 aliphatic rings. The summed E-state index contributed by atoms with van der Waals surface area (Å²) in [6.45, 7) is 0. The van der Waals surface area contributed by atoms with Gasteiger partial charge in [0.15, 0.2) is 0 Å². The number of hydrogen-bond acceptors (Lipinski definition) is 3. The fraction of sp³-hybridized carbons (Fsp3) is 0.364. The van der Waals surface area contributed by atoms with E-state index in [2.05, 4.69) is 39.7 Å².